The Morgan fingerprint density at radius 3 is 2.21 bits per heavy atom. The lowest BCUT2D eigenvalue weighted by molar-refractivity contribution is -0.121. The first-order valence-corrected chi connectivity index (χ1v) is 7.42. The highest BCUT2D eigenvalue weighted by molar-refractivity contribution is 6.10. The summed E-state index contributed by atoms with van der Waals surface area (Å²) in [7, 11) is 1.58. The van der Waals surface area contributed by atoms with Crippen molar-refractivity contribution in [2.75, 3.05) is 7.11 Å². The molecule has 0 atom stereocenters. The molecule has 0 spiro atoms. The van der Waals surface area contributed by atoms with Gasteiger partial charge >= 0.3 is 0 Å². The molecule has 0 aliphatic rings. The largest absolute Gasteiger partial charge is 0.508 e. The molecule has 0 aromatic heterocycles. The second-order valence-corrected chi connectivity index (χ2v) is 5.14. The van der Waals surface area contributed by atoms with E-state index in [1.165, 1.54) is 24.3 Å². The number of ketones is 2. The Bertz CT molecular complexity index is 770. The summed E-state index contributed by atoms with van der Waals surface area (Å²) in [6, 6.07) is 13.7. The van der Waals surface area contributed by atoms with Gasteiger partial charge in [-0.1, -0.05) is 36.4 Å². The van der Waals surface area contributed by atoms with Crippen LogP contribution in [0.2, 0.25) is 0 Å². The van der Waals surface area contributed by atoms with E-state index < -0.39 is 0 Å². The van der Waals surface area contributed by atoms with Gasteiger partial charge in [0.15, 0.2) is 11.6 Å². The number of phenolic OH excluding ortho intramolecular Hbond substituents is 1. The molecular weight excluding hydrogens is 304 g/mol. The van der Waals surface area contributed by atoms with Crippen molar-refractivity contribution in [3.8, 4) is 11.5 Å². The van der Waals surface area contributed by atoms with Crippen LogP contribution in [-0.2, 0) is 9.59 Å². The first kappa shape index (κ1) is 17.2. The number of benzene rings is 2. The minimum Gasteiger partial charge on any atom is -0.508 e. The summed E-state index contributed by atoms with van der Waals surface area (Å²) in [6.07, 6.45) is 5.84. The van der Waals surface area contributed by atoms with Crippen molar-refractivity contribution in [1.82, 2.24) is 0 Å². The number of phenols is 1. The summed E-state index contributed by atoms with van der Waals surface area (Å²) in [4.78, 5) is 23.6. The lowest BCUT2D eigenvalue weighted by Crippen LogP contribution is -2.01. The lowest BCUT2D eigenvalue weighted by atomic mass is 10.1. The number of hydrogen-bond donors (Lipinski definition) is 1. The monoisotopic (exact) mass is 322 g/mol. The van der Waals surface area contributed by atoms with E-state index in [1.807, 2.05) is 18.2 Å². The van der Waals surface area contributed by atoms with Gasteiger partial charge in [-0.15, -0.1) is 0 Å². The summed E-state index contributed by atoms with van der Waals surface area (Å²) in [5.41, 5.74) is 1.61. The smallest absolute Gasteiger partial charge is 0.163 e. The van der Waals surface area contributed by atoms with Crippen molar-refractivity contribution < 1.29 is 19.4 Å². The van der Waals surface area contributed by atoms with Crippen LogP contribution in [0.3, 0.4) is 0 Å². The van der Waals surface area contributed by atoms with Crippen LogP contribution >= 0.6 is 0 Å². The topological polar surface area (TPSA) is 63.6 Å². The molecule has 0 saturated heterocycles. The van der Waals surface area contributed by atoms with Crippen molar-refractivity contribution in [3.63, 3.8) is 0 Å². The minimum atomic E-state index is -0.275. The fraction of sp³-hybridized carbons (Fsp3) is 0.100. The van der Waals surface area contributed by atoms with Gasteiger partial charge in [-0.05, 0) is 47.5 Å². The number of rotatable bonds is 7. The third-order valence-corrected chi connectivity index (χ3v) is 3.26. The maximum absolute atomic E-state index is 11.8. The Balaban J connectivity index is 1.90. The van der Waals surface area contributed by atoms with Gasteiger partial charge in [0.2, 0.25) is 0 Å². The molecule has 1 N–H and O–H groups in total. The third-order valence-electron chi connectivity index (χ3n) is 3.26. The average Bonchev–Trinajstić information content (AvgIpc) is 2.59. The summed E-state index contributed by atoms with van der Waals surface area (Å²) in [5, 5.41) is 9.19. The number of methoxy groups -OCH3 is 1. The fourth-order valence-corrected chi connectivity index (χ4v) is 2.00. The summed E-state index contributed by atoms with van der Waals surface area (Å²) < 4.78 is 5.11. The third kappa shape index (κ3) is 5.57. The molecule has 0 radical (unpaired) electrons. The fourth-order valence-electron chi connectivity index (χ4n) is 2.00. The maximum atomic E-state index is 11.8. The Hall–Kier alpha value is -3.14. The highest BCUT2D eigenvalue weighted by Gasteiger charge is 2.03. The number of hydrogen-bond acceptors (Lipinski definition) is 4. The second-order valence-electron chi connectivity index (χ2n) is 5.14. The molecule has 0 fully saturated rings. The predicted octanol–water partition coefficient (Wildman–Crippen LogP) is 3.66. The maximum Gasteiger partial charge on any atom is 0.163 e. The number of allylic oxidation sites excluding steroid dienone is 2. The van der Waals surface area contributed by atoms with Gasteiger partial charge in [-0.25, -0.2) is 0 Å². The SMILES string of the molecule is COc1cccc(/C=C/C(=O)CC(=O)/C=C/c2ccc(O)cc2)c1. The second kappa shape index (κ2) is 8.48. The molecule has 0 amide bonds. The Morgan fingerprint density at radius 1 is 0.958 bits per heavy atom. The highest BCUT2D eigenvalue weighted by atomic mass is 16.5. The average molecular weight is 322 g/mol. The van der Waals surface area contributed by atoms with Crippen LogP contribution in [-0.4, -0.2) is 23.8 Å². The molecule has 2 aromatic rings. The molecule has 4 heteroatoms. The lowest BCUT2D eigenvalue weighted by Gasteiger charge is -1.99. The van der Waals surface area contributed by atoms with Crippen molar-refractivity contribution in [2.24, 2.45) is 0 Å². The molecule has 0 unspecified atom stereocenters. The van der Waals surface area contributed by atoms with Crippen molar-refractivity contribution in [1.29, 1.82) is 0 Å². The Labute approximate surface area is 140 Å². The Kier molecular flexibility index (Phi) is 6.08. The van der Waals surface area contributed by atoms with E-state index in [4.69, 9.17) is 4.74 Å². The quantitative estimate of drug-likeness (QED) is 0.624. The van der Waals surface area contributed by atoms with Gasteiger partial charge in [0.25, 0.3) is 0 Å². The van der Waals surface area contributed by atoms with Gasteiger partial charge in [0.1, 0.15) is 11.5 Å². The number of ether oxygens (including phenoxy) is 1. The van der Waals surface area contributed by atoms with E-state index in [9.17, 15) is 14.7 Å². The van der Waals surface area contributed by atoms with Crippen LogP contribution < -0.4 is 4.74 Å². The van der Waals surface area contributed by atoms with Crippen LogP contribution in [0.4, 0.5) is 0 Å². The molecule has 2 aromatic carbocycles. The zero-order valence-electron chi connectivity index (χ0n) is 13.3. The Morgan fingerprint density at radius 2 is 1.58 bits per heavy atom. The van der Waals surface area contributed by atoms with E-state index in [1.54, 1.807) is 37.5 Å². The number of carbonyl (C=O) groups excluding carboxylic acids is 2. The molecular formula is C20H18O4. The van der Waals surface area contributed by atoms with Gasteiger partial charge in [-0.3, -0.25) is 9.59 Å². The van der Waals surface area contributed by atoms with E-state index in [-0.39, 0.29) is 23.7 Å². The van der Waals surface area contributed by atoms with Gasteiger partial charge in [0.05, 0.1) is 13.5 Å². The first-order valence-electron chi connectivity index (χ1n) is 7.42. The summed E-state index contributed by atoms with van der Waals surface area (Å²) >= 11 is 0. The molecule has 4 nitrogen and oxygen atoms in total. The molecule has 0 saturated carbocycles. The zero-order chi connectivity index (χ0) is 17.4. The molecule has 122 valence electrons. The van der Waals surface area contributed by atoms with Gasteiger partial charge in [0, 0.05) is 0 Å². The predicted molar refractivity (Wildman–Crippen MR) is 93.8 cm³/mol. The van der Waals surface area contributed by atoms with E-state index in [0.29, 0.717) is 5.75 Å². The molecule has 0 heterocycles. The van der Waals surface area contributed by atoms with E-state index in [0.717, 1.165) is 11.1 Å². The molecule has 0 aliphatic heterocycles. The standard InChI is InChI=1S/C20H18O4/c1-24-20-4-2-3-16(13-20)8-12-19(23)14-18(22)11-7-15-5-9-17(21)10-6-15/h2-13,21H,14H2,1H3/b11-7+,12-8+. The minimum absolute atomic E-state index is 0.163. The number of carbonyl (C=O) groups is 2. The summed E-state index contributed by atoms with van der Waals surface area (Å²) in [5.74, 6) is 0.329. The van der Waals surface area contributed by atoms with Crippen LogP contribution in [0.5, 0.6) is 11.5 Å². The van der Waals surface area contributed by atoms with Crippen LogP contribution in [0, 0.1) is 0 Å². The van der Waals surface area contributed by atoms with Crippen LogP contribution in [0.25, 0.3) is 12.2 Å². The van der Waals surface area contributed by atoms with E-state index in [2.05, 4.69) is 0 Å². The summed E-state index contributed by atoms with van der Waals surface area (Å²) in [6.45, 7) is 0. The molecule has 0 bridgehead atoms. The van der Waals surface area contributed by atoms with Crippen molar-refractivity contribution in [2.45, 2.75) is 6.42 Å². The van der Waals surface area contributed by atoms with Crippen molar-refractivity contribution in [3.05, 3.63) is 71.8 Å². The van der Waals surface area contributed by atoms with Crippen LogP contribution in [0.15, 0.2) is 60.7 Å². The van der Waals surface area contributed by atoms with Gasteiger partial charge < -0.3 is 9.84 Å². The molecule has 24 heavy (non-hydrogen) atoms. The highest BCUT2D eigenvalue weighted by Crippen LogP contribution is 2.14. The normalized spacial score (nSPS) is 11.0. The first-order chi connectivity index (χ1) is 11.6. The van der Waals surface area contributed by atoms with Gasteiger partial charge in [-0.2, -0.15) is 0 Å². The zero-order valence-corrected chi connectivity index (χ0v) is 13.3. The van der Waals surface area contributed by atoms with Crippen LogP contribution in [0.1, 0.15) is 17.5 Å². The molecule has 0 aliphatic carbocycles. The molecule has 2 rings (SSSR count). The number of aromatic hydroxyl groups is 1. The van der Waals surface area contributed by atoms with Crippen molar-refractivity contribution >= 4 is 23.7 Å². The van der Waals surface area contributed by atoms with E-state index >= 15 is 0 Å².